The number of aliphatic hydroxyl groups excluding tert-OH is 1. The second kappa shape index (κ2) is 10.2. The van der Waals surface area contributed by atoms with Gasteiger partial charge < -0.3 is 19.3 Å². The van der Waals surface area contributed by atoms with E-state index in [1.54, 1.807) is 4.90 Å². The van der Waals surface area contributed by atoms with Crippen molar-refractivity contribution < 1.29 is 19.2 Å². The summed E-state index contributed by atoms with van der Waals surface area (Å²) >= 11 is 0. The Morgan fingerprint density at radius 1 is 0.892 bits per heavy atom. The van der Waals surface area contributed by atoms with Gasteiger partial charge in [0.2, 0.25) is 0 Å². The van der Waals surface area contributed by atoms with E-state index in [0.717, 1.165) is 65.0 Å². The van der Waals surface area contributed by atoms with Crippen LogP contribution < -0.4 is 4.74 Å². The molecule has 1 aliphatic heterocycles. The number of benzene rings is 3. The third-order valence-electron chi connectivity index (χ3n) is 7.48. The third kappa shape index (κ3) is 4.65. The van der Waals surface area contributed by atoms with E-state index in [1.807, 2.05) is 78.9 Å². The van der Waals surface area contributed by atoms with Crippen molar-refractivity contribution in [3.8, 4) is 5.75 Å². The van der Waals surface area contributed by atoms with E-state index in [-0.39, 0.29) is 11.8 Å². The van der Waals surface area contributed by atoms with Crippen LogP contribution >= 0.6 is 0 Å². The molecule has 1 unspecified atom stereocenters. The summed E-state index contributed by atoms with van der Waals surface area (Å²) in [4.78, 5) is 15.3. The summed E-state index contributed by atoms with van der Waals surface area (Å²) < 4.78 is 11.5. The fraction of sp³-hybridized carbons (Fsp3) is 0.290. The molecule has 6 heteroatoms. The number of rotatable bonds is 5. The Labute approximate surface area is 216 Å². The lowest BCUT2D eigenvalue weighted by molar-refractivity contribution is 0.0721. The van der Waals surface area contributed by atoms with Crippen molar-refractivity contribution in [1.82, 2.24) is 10.1 Å². The molecular weight excluding hydrogens is 464 g/mol. The van der Waals surface area contributed by atoms with Crippen molar-refractivity contribution in [2.24, 2.45) is 0 Å². The standard InChI is InChI=1S/C31H30N2O4/c34-30(28(21-9-3-1-4-10-21)22-11-5-2-6-12-22)23-15-16-26-24(19-23)20-33(17-18-36-26)31(35)29-25-13-7-8-14-27(25)37-32-29/h1-6,9-12,15-16,19,28,30,34H,7-8,13-14,17-18,20H2. The van der Waals surface area contributed by atoms with Gasteiger partial charge in [-0.3, -0.25) is 4.79 Å². The number of fused-ring (bicyclic) bond motifs is 2. The van der Waals surface area contributed by atoms with Gasteiger partial charge in [0.1, 0.15) is 18.1 Å². The Morgan fingerprint density at radius 2 is 1.59 bits per heavy atom. The van der Waals surface area contributed by atoms with Crippen LogP contribution in [0.1, 0.15) is 68.9 Å². The first kappa shape index (κ1) is 23.5. The first-order chi connectivity index (χ1) is 18.2. The predicted molar refractivity (Wildman–Crippen MR) is 140 cm³/mol. The fourth-order valence-electron chi connectivity index (χ4n) is 5.54. The second-order valence-electron chi connectivity index (χ2n) is 9.83. The number of aryl methyl sites for hydroxylation is 1. The van der Waals surface area contributed by atoms with Crippen LogP contribution in [0.2, 0.25) is 0 Å². The molecule has 2 aliphatic rings. The quantitative estimate of drug-likeness (QED) is 0.399. The number of aromatic nitrogens is 1. The van der Waals surface area contributed by atoms with E-state index in [0.29, 0.717) is 25.4 Å². The van der Waals surface area contributed by atoms with Crippen LogP contribution in [-0.4, -0.2) is 34.2 Å². The molecule has 0 saturated carbocycles. The van der Waals surface area contributed by atoms with Gasteiger partial charge in [-0.2, -0.15) is 0 Å². The zero-order valence-corrected chi connectivity index (χ0v) is 20.7. The molecule has 188 valence electrons. The summed E-state index contributed by atoms with van der Waals surface area (Å²) in [5.74, 6) is 1.23. The molecule has 0 radical (unpaired) electrons. The molecule has 6 nitrogen and oxygen atoms in total. The van der Waals surface area contributed by atoms with Gasteiger partial charge in [0.25, 0.3) is 5.91 Å². The van der Waals surface area contributed by atoms with Gasteiger partial charge in [0.05, 0.1) is 12.6 Å². The predicted octanol–water partition coefficient (Wildman–Crippen LogP) is 5.45. The van der Waals surface area contributed by atoms with Crippen LogP contribution in [0.5, 0.6) is 5.75 Å². The topological polar surface area (TPSA) is 75.8 Å². The number of carbonyl (C=O) groups is 1. The molecule has 2 heterocycles. The SMILES string of the molecule is O=C(c1noc2c1CCCC2)N1CCOc2ccc(C(O)C(c3ccccc3)c3ccccc3)cc2C1. The lowest BCUT2D eigenvalue weighted by Gasteiger charge is -2.25. The highest BCUT2D eigenvalue weighted by atomic mass is 16.5. The van der Waals surface area contributed by atoms with Gasteiger partial charge in [0.15, 0.2) is 5.69 Å². The van der Waals surface area contributed by atoms with Crippen LogP contribution in [0.4, 0.5) is 0 Å². The van der Waals surface area contributed by atoms with Crippen molar-refractivity contribution in [3.63, 3.8) is 0 Å². The summed E-state index contributed by atoms with van der Waals surface area (Å²) in [7, 11) is 0. The van der Waals surface area contributed by atoms with Crippen LogP contribution in [0.3, 0.4) is 0 Å². The average molecular weight is 495 g/mol. The maximum atomic E-state index is 13.5. The molecule has 1 aromatic heterocycles. The number of amides is 1. The Morgan fingerprint density at radius 3 is 2.32 bits per heavy atom. The molecule has 6 rings (SSSR count). The highest BCUT2D eigenvalue weighted by Gasteiger charge is 2.30. The van der Waals surface area contributed by atoms with E-state index in [4.69, 9.17) is 9.26 Å². The molecule has 3 aromatic carbocycles. The van der Waals surface area contributed by atoms with E-state index in [2.05, 4.69) is 5.16 Å². The molecule has 1 atom stereocenters. The monoisotopic (exact) mass is 494 g/mol. The molecule has 4 aromatic rings. The van der Waals surface area contributed by atoms with E-state index < -0.39 is 6.10 Å². The molecular formula is C31H30N2O4. The van der Waals surface area contributed by atoms with Gasteiger partial charge in [-0.05, 0) is 48.1 Å². The molecule has 1 N–H and O–H groups in total. The Balaban J connectivity index is 1.30. The molecule has 37 heavy (non-hydrogen) atoms. The minimum Gasteiger partial charge on any atom is -0.491 e. The molecule has 0 spiro atoms. The number of hydrogen-bond acceptors (Lipinski definition) is 5. The molecule has 0 bridgehead atoms. The largest absolute Gasteiger partial charge is 0.491 e. The van der Waals surface area contributed by atoms with Crippen LogP contribution in [0.25, 0.3) is 0 Å². The lowest BCUT2D eigenvalue weighted by atomic mass is 9.83. The number of aliphatic hydroxyl groups is 1. The zero-order chi connectivity index (χ0) is 25.2. The molecule has 0 fully saturated rings. The van der Waals surface area contributed by atoms with E-state index in [1.165, 1.54) is 0 Å². The Bertz CT molecular complexity index is 1340. The summed E-state index contributed by atoms with van der Waals surface area (Å²) in [6, 6.07) is 25.9. The summed E-state index contributed by atoms with van der Waals surface area (Å²) in [6.45, 7) is 1.25. The minimum absolute atomic E-state index is 0.124. The van der Waals surface area contributed by atoms with Gasteiger partial charge in [-0.25, -0.2) is 0 Å². The number of ether oxygens (including phenoxy) is 1. The molecule has 1 amide bonds. The molecule has 1 aliphatic carbocycles. The fourth-order valence-corrected chi connectivity index (χ4v) is 5.54. The number of carbonyl (C=O) groups excluding carboxylic acids is 1. The number of nitrogens with zero attached hydrogens (tertiary/aromatic N) is 2. The second-order valence-corrected chi connectivity index (χ2v) is 9.83. The first-order valence-electron chi connectivity index (χ1n) is 13.0. The van der Waals surface area contributed by atoms with E-state index in [9.17, 15) is 9.90 Å². The maximum Gasteiger partial charge on any atom is 0.276 e. The van der Waals surface area contributed by atoms with Crippen LogP contribution in [-0.2, 0) is 19.4 Å². The van der Waals surface area contributed by atoms with Gasteiger partial charge >= 0.3 is 0 Å². The minimum atomic E-state index is -0.773. The van der Waals surface area contributed by atoms with Crippen molar-refractivity contribution in [3.05, 3.63) is 118 Å². The highest BCUT2D eigenvalue weighted by Crippen LogP contribution is 2.38. The average Bonchev–Trinajstić information content (AvgIpc) is 3.26. The zero-order valence-electron chi connectivity index (χ0n) is 20.7. The van der Waals surface area contributed by atoms with Gasteiger partial charge in [0, 0.05) is 30.0 Å². The number of hydrogen-bond donors (Lipinski definition) is 1. The van der Waals surface area contributed by atoms with Crippen molar-refractivity contribution in [2.45, 2.75) is 44.2 Å². The summed E-state index contributed by atoms with van der Waals surface area (Å²) in [5, 5.41) is 15.8. The normalized spacial score (nSPS) is 15.9. The summed E-state index contributed by atoms with van der Waals surface area (Å²) in [6.07, 6.45) is 3.01. The highest BCUT2D eigenvalue weighted by molar-refractivity contribution is 5.94. The summed E-state index contributed by atoms with van der Waals surface area (Å²) in [5.41, 5.74) is 5.13. The van der Waals surface area contributed by atoms with Crippen molar-refractivity contribution in [2.75, 3.05) is 13.2 Å². The van der Waals surface area contributed by atoms with Crippen molar-refractivity contribution in [1.29, 1.82) is 0 Å². The van der Waals surface area contributed by atoms with Gasteiger partial charge in [-0.1, -0.05) is 71.9 Å². The Kier molecular flexibility index (Phi) is 6.49. The van der Waals surface area contributed by atoms with Crippen LogP contribution in [0, 0.1) is 0 Å². The van der Waals surface area contributed by atoms with E-state index >= 15 is 0 Å². The Hall–Kier alpha value is -3.90. The molecule has 0 saturated heterocycles. The maximum absolute atomic E-state index is 13.5. The third-order valence-corrected chi connectivity index (χ3v) is 7.48. The van der Waals surface area contributed by atoms with Crippen molar-refractivity contribution >= 4 is 5.91 Å². The smallest absolute Gasteiger partial charge is 0.276 e. The van der Waals surface area contributed by atoms with Gasteiger partial charge in [-0.15, -0.1) is 0 Å². The van der Waals surface area contributed by atoms with Crippen LogP contribution in [0.15, 0.2) is 83.4 Å². The first-order valence-corrected chi connectivity index (χ1v) is 13.0. The lowest BCUT2D eigenvalue weighted by Crippen LogP contribution is -2.33.